The predicted molar refractivity (Wildman–Crippen MR) is 83.2 cm³/mol. The molecule has 24 heavy (non-hydrogen) atoms. The van der Waals surface area contributed by atoms with Crippen LogP contribution in [0.15, 0.2) is 24.3 Å². The third-order valence-corrected chi connectivity index (χ3v) is 6.89. The first-order valence-corrected chi connectivity index (χ1v) is 9.64. The lowest BCUT2D eigenvalue weighted by Crippen LogP contribution is -2.48. The van der Waals surface area contributed by atoms with Crippen molar-refractivity contribution in [1.29, 1.82) is 0 Å². The average Bonchev–Trinajstić information content (AvgIpc) is 3.13. The van der Waals surface area contributed by atoms with Crippen LogP contribution in [0.25, 0.3) is 0 Å². The molecule has 2 aliphatic rings. The van der Waals surface area contributed by atoms with Crippen molar-refractivity contribution in [2.45, 2.75) is 44.4 Å². The van der Waals surface area contributed by atoms with Gasteiger partial charge in [0.05, 0.1) is 17.4 Å². The van der Waals surface area contributed by atoms with Gasteiger partial charge in [-0.15, -0.1) is 0 Å². The number of sulfonamides is 1. The second-order valence-electron chi connectivity index (χ2n) is 6.36. The average molecular weight is 363 g/mol. The number of fused-ring (bicyclic) bond motifs is 2. The van der Waals surface area contributed by atoms with Gasteiger partial charge in [-0.2, -0.15) is 17.5 Å². The quantitative estimate of drug-likeness (QED) is 0.807. The molecule has 0 unspecified atom stereocenters. The predicted octanol–water partition coefficient (Wildman–Crippen LogP) is 3.29. The number of piperidine rings is 1. The molecule has 1 heterocycles. The van der Waals surface area contributed by atoms with E-state index in [1.165, 1.54) is 16.4 Å². The van der Waals surface area contributed by atoms with E-state index in [1.807, 2.05) is 0 Å². The molecule has 0 radical (unpaired) electrons. The van der Waals surface area contributed by atoms with E-state index in [9.17, 15) is 21.6 Å². The van der Waals surface area contributed by atoms with Crippen molar-refractivity contribution in [1.82, 2.24) is 4.31 Å². The maximum atomic E-state index is 12.8. The zero-order valence-corrected chi connectivity index (χ0v) is 14.1. The van der Waals surface area contributed by atoms with E-state index >= 15 is 0 Å². The summed E-state index contributed by atoms with van der Waals surface area (Å²) in [7, 11) is -3.34. The van der Waals surface area contributed by atoms with Crippen molar-refractivity contribution in [2.24, 2.45) is 5.92 Å². The highest BCUT2D eigenvalue weighted by atomic mass is 32.2. The Morgan fingerprint density at radius 2 is 2.04 bits per heavy atom. The van der Waals surface area contributed by atoms with Crippen LogP contribution in [0.3, 0.4) is 0 Å². The van der Waals surface area contributed by atoms with Crippen LogP contribution >= 0.6 is 0 Å². The van der Waals surface area contributed by atoms with Crippen molar-refractivity contribution in [2.75, 3.05) is 12.4 Å². The fourth-order valence-electron chi connectivity index (χ4n) is 3.79. The molecule has 1 aromatic carbocycles. The number of nitrogens with zero attached hydrogens (tertiary/aromatic N) is 1. The van der Waals surface area contributed by atoms with E-state index in [4.69, 9.17) is 4.74 Å². The topological polar surface area (TPSA) is 46.6 Å². The monoisotopic (exact) mass is 363 g/mol. The lowest BCUT2D eigenvalue weighted by Gasteiger charge is -2.33. The highest BCUT2D eigenvalue weighted by molar-refractivity contribution is 7.89. The van der Waals surface area contributed by atoms with Crippen LogP contribution in [0.4, 0.5) is 13.2 Å². The highest BCUT2D eigenvalue weighted by Crippen LogP contribution is 2.44. The van der Waals surface area contributed by atoms with Gasteiger partial charge in [0.15, 0.2) is 0 Å². The molecule has 0 amide bonds. The Kier molecular flexibility index (Phi) is 4.55. The molecule has 0 aromatic heterocycles. The first-order chi connectivity index (χ1) is 11.2. The Labute approximate surface area is 139 Å². The van der Waals surface area contributed by atoms with Gasteiger partial charge in [-0.05, 0) is 50.3 Å². The number of ether oxygens (including phenoxy) is 1. The van der Waals surface area contributed by atoms with Gasteiger partial charge >= 0.3 is 6.18 Å². The van der Waals surface area contributed by atoms with Crippen molar-refractivity contribution in [3.8, 4) is 5.75 Å². The lowest BCUT2D eigenvalue weighted by atomic mass is 10.0. The van der Waals surface area contributed by atoms with Crippen LogP contribution in [-0.4, -0.2) is 37.2 Å². The fraction of sp³-hybridized carbons (Fsp3) is 0.625. The van der Waals surface area contributed by atoms with Gasteiger partial charge in [0.25, 0.3) is 0 Å². The van der Waals surface area contributed by atoms with Crippen molar-refractivity contribution < 1.29 is 26.3 Å². The summed E-state index contributed by atoms with van der Waals surface area (Å²) < 4.78 is 70.0. The molecule has 4 nitrogen and oxygen atoms in total. The number of halogens is 3. The summed E-state index contributed by atoms with van der Waals surface area (Å²) in [4.78, 5) is 0. The number of benzene rings is 1. The molecule has 2 fully saturated rings. The summed E-state index contributed by atoms with van der Waals surface area (Å²) in [5.41, 5.74) is -0.772. The van der Waals surface area contributed by atoms with E-state index in [-0.39, 0.29) is 36.1 Å². The second-order valence-corrected chi connectivity index (χ2v) is 8.52. The largest absolute Gasteiger partial charge is 0.492 e. The van der Waals surface area contributed by atoms with E-state index < -0.39 is 21.8 Å². The molecule has 1 aliphatic carbocycles. The van der Waals surface area contributed by atoms with Gasteiger partial charge in [-0.1, -0.05) is 6.07 Å². The summed E-state index contributed by atoms with van der Waals surface area (Å²) >= 11 is 0. The minimum Gasteiger partial charge on any atom is -0.492 e. The molecular weight excluding hydrogens is 343 g/mol. The van der Waals surface area contributed by atoms with Crippen LogP contribution in [0, 0.1) is 5.92 Å². The first kappa shape index (κ1) is 17.5. The van der Waals surface area contributed by atoms with E-state index in [2.05, 4.69) is 0 Å². The van der Waals surface area contributed by atoms with E-state index in [0.717, 1.165) is 31.4 Å². The molecule has 0 spiro atoms. The smallest absolute Gasteiger partial charge is 0.416 e. The molecule has 3 rings (SSSR count). The van der Waals surface area contributed by atoms with Crippen LogP contribution in [-0.2, 0) is 16.2 Å². The zero-order chi connectivity index (χ0) is 17.5. The Hall–Kier alpha value is -1.28. The highest BCUT2D eigenvalue weighted by Gasteiger charge is 2.50. The number of hydrogen-bond acceptors (Lipinski definition) is 3. The molecule has 3 atom stereocenters. The fourth-order valence-corrected chi connectivity index (χ4v) is 5.38. The van der Waals surface area contributed by atoms with Crippen LogP contribution in [0.1, 0.15) is 31.7 Å². The van der Waals surface area contributed by atoms with Crippen LogP contribution in [0.5, 0.6) is 5.75 Å². The van der Waals surface area contributed by atoms with Gasteiger partial charge < -0.3 is 4.74 Å². The summed E-state index contributed by atoms with van der Waals surface area (Å²) in [6.45, 7) is 1.69. The molecule has 2 bridgehead atoms. The zero-order valence-electron chi connectivity index (χ0n) is 13.3. The number of alkyl halides is 3. The molecule has 1 aliphatic heterocycles. The molecular formula is C16H20F3NO3S. The summed E-state index contributed by atoms with van der Waals surface area (Å²) in [6.07, 6.45) is -1.82. The van der Waals surface area contributed by atoms with E-state index in [1.54, 1.807) is 6.92 Å². The molecule has 8 heteroatoms. The molecule has 0 N–H and O–H groups in total. The summed E-state index contributed by atoms with van der Waals surface area (Å²) in [6, 6.07) is 4.41. The molecule has 134 valence electrons. The third kappa shape index (κ3) is 3.26. The van der Waals surface area contributed by atoms with Gasteiger partial charge in [0.1, 0.15) is 12.4 Å². The SMILES string of the molecule is CCS(=O)(=O)N1[C@@H]2CC[C@@H](C2)[C@H]1COc1cccc(C(F)(F)F)c1. The van der Waals surface area contributed by atoms with Crippen molar-refractivity contribution in [3.05, 3.63) is 29.8 Å². The molecule has 1 aromatic rings. The number of rotatable bonds is 5. The van der Waals surface area contributed by atoms with Gasteiger partial charge in [0, 0.05) is 6.04 Å². The first-order valence-electron chi connectivity index (χ1n) is 8.03. The van der Waals surface area contributed by atoms with Crippen molar-refractivity contribution in [3.63, 3.8) is 0 Å². The van der Waals surface area contributed by atoms with Crippen LogP contribution in [0.2, 0.25) is 0 Å². The normalized spacial score (nSPS) is 27.6. The van der Waals surface area contributed by atoms with Gasteiger partial charge in [-0.25, -0.2) is 8.42 Å². The van der Waals surface area contributed by atoms with Crippen LogP contribution < -0.4 is 4.74 Å². The van der Waals surface area contributed by atoms with Gasteiger partial charge in [-0.3, -0.25) is 0 Å². The summed E-state index contributed by atoms with van der Waals surface area (Å²) in [5.74, 6) is 0.361. The maximum Gasteiger partial charge on any atom is 0.416 e. The Morgan fingerprint density at radius 1 is 1.29 bits per heavy atom. The Balaban J connectivity index is 1.74. The number of hydrogen-bond donors (Lipinski definition) is 0. The lowest BCUT2D eigenvalue weighted by molar-refractivity contribution is -0.137. The molecule has 1 saturated carbocycles. The maximum absolute atomic E-state index is 12.8. The second kappa shape index (κ2) is 6.22. The minimum absolute atomic E-state index is 0.00931. The Bertz CT molecular complexity index is 705. The third-order valence-electron chi connectivity index (χ3n) is 4.94. The van der Waals surface area contributed by atoms with E-state index in [0.29, 0.717) is 0 Å². The van der Waals surface area contributed by atoms with Crippen molar-refractivity contribution >= 4 is 10.0 Å². The summed E-state index contributed by atoms with van der Waals surface area (Å²) in [5, 5.41) is 0. The molecule has 1 saturated heterocycles. The van der Waals surface area contributed by atoms with Gasteiger partial charge in [0.2, 0.25) is 10.0 Å². The Morgan fingerprint density at radius 3 is 2.71 bits per heavy atom. The minimum atomic E-state index is -4.43. The standard InChI is InChI=1S/C16H20F3NO3S/c1-2-24(21,22)20-13-7-6-11(8-13)15(20)10-23-14-5-3-4-12(9-14)16(17,18)19/h3-5,9,11,13,15H,2,6-8,10H2,1H3/t11-,13+,15+/m0/s1.